The molecule has 0 bridgehead atoms. The van der Waals surface area contributed by atoms with Gasteiger partial charge in [-0.1, -0.05) is 83.6 Å². The number of unbranched alkanes of at least 4 members (excludes halogenated alkanes) is 11. The van der Waals surface area contributed by atoms with Crippen molar-refractivity contribution in [2.24, 2.45) is 0 Å². The number of halogens is 1. The molecule has 1 aromatic rings. The van der Waals surface area contributed by atoms with Crippen LogP contribution in [0.15, 0.2) is 24.4 Å². The number of aromatic nitrogens is 1. The number of nitrogens with zero attached hydrogens (tertiary/aromatic N) is 1. The van der Waals surface area contributed by atoms with Crippen molar-refractivity contribution in [3.8, 4) is 0 Å². The Hall–Kier alpha value is -0.560. The normalized spacial score (nSPS) is 10.3. The molecule has 21 heavy (non-hydrogen) atoms. The second-order valence-electron chi connectivity index (χ2n) is 5.96. The van der Waals surface area contributed by atoms with E-state index in [1.54, 1.807) is 0 Å². The lowest BCUT2D eigenvalue weighted by molar-refractivity contribution is 0.543. The van der Waals surface area contributed by atoms with Crippen LogP contribution in [0.25, 0.3) is 0 Å². The van der Waals surface area contributed by atoms with Crippen LogP contribution in [0.1, 0.15) is 89.7 Å². The van der Waals surface area contributed by atoms with Crippen LogP contribution >= 0.6 is 12.4 Å². The summed E-state index contributed by atoms with van der Waals surface area (Å²) in [6.07, 6.45) is 20.0. The summed E-state index contributed by atoms with van der Waals surface area (Å²) in [6.45, 7) is 2.29. The molecule has 122 valence electrons. The van der Waals surface area contributed by atoms with E-state index in [0.29, 0.717) is 0 Å². The Morgan fingerprint density at radius 3 is 1.71 bits per heavy atom. The fourth-order valence-corrected chi connectivity index (χ4v) is 2.69. The van der Waals surface area contributed by atoms with Crippen LogP contribution in [0.4, 0.5) is 0 Å². The SMILES string of the molecule is CCCCCCCCCCCCCCc1ccccn1.Cl. The third kappa shape index (κ3) is 12.9. The number of rotatable bonds is 13. The van der Waals surface area contributed by atoms with Crippen molar-refractivity contribution in [3.05, 3.63) is 30.1 Å². The maximum atomic E-state index is 4.37. The molecule has 0 saturated heterocycles. The second-order valence-corrected chi connectivity index (χ2v) is 5.96. The molecule has 0 radical (unpaired) electrons. The van der Waals surface area contributed by atoms with Crippen LogP contribution < -0.4 is 0 Å². The lowest BCUT2D eigenvalue weighted by Crippen LogP contribution is -1.89. The van der Waals surface area contributed by atoms with Gasteiger partial charge in [0, 0.05) is 11.9 Å². The highest BCUT2D eigenvalue weighted by Crippen LogP contribution is 2.12. The van der Waals surface area contributed by atoms with Gasteiger partial charge in [0.2, 0.25) is 0 Å². The largest absolute Gasteiger partial charge is 0.261 e. The van der Waals surface area contributed by atoms with Crippen LogP contribution in [0.5, 0.6) is 0 Å². The summed E-state index contributed by atoms with van der Waals surface area (Å²) in [5.74, 6) is 0. The quantitative estimate of drug-likeness (QED) is 0.367. The molecule has 0 aliphatic carbocycles. The van der Waals surface area contributed by atoms with Crippen LogP contribution in [-0.4, -0.2) is 4.98 Å². The third-order valence-corrected chi connectivity index (χ3v) is 4.01. The van der Waals surface area contributed by atoms with Gasteiger partial charge in [-0.2, -0.15) is 0 Å². The van der Waals surface area contributed by atoms with Gasteiger partial charge in [-0.25, -0.2) is 0 Å². The van der Waals surface area contributed by atoms with E-state index in [9.17, 15) is 0 Å². The fraction of sp³-hybridized carbons (Fsp3) is 0.737. The van der Waals surface area contributed by atoms with E-state index in [-0.39, 0.29) is 12.4 Å². The summed E-state index contributed by atoms with van der Waals surface area (Å²) in [6, 6.07) is 6.22. The van der Waals surface area contributed by atoms with Gasteiger partial charge < -0.3 is 0 Å². The Labute approximate surface area is 138 Å². The summed E-state index contributed by atoms with van der Waals surface area (Å²) >= 11 is 0. The average Bonchev–Trinajstić information content (AvgIpc) is 2.49. The summed E-state index contributed by atoms with van der Waals surface area (Å²) in [5.41, 5.74) is 1.25. The summed E-state index contributed by atoms with van der Waals surface area (Å²) in [5, 5.41) is 0. The Morgan fingerprint density at radius 1 is 0.714 bits per heavy atom. The van der Waals surface area contributed by atoms with Gasteiger partial charge >= 0.3 is 0 Å². The molecule has 0 amide bonds. The van der Waals surface area contributed by atoms with Gasteiger partial charge in [0.1, 0.15) is 0 Å². The van der Waals surface area contributed by atoms with Gasteiger partial charge in [-0.15, -0.1) is 12.4 Å². The van der Waals surface area contributed by atoms with Crippen LogP contribution in [0.2, 0.25) is 0 Å². The first-order valence-electron chi connectivity index (χ1n) is 8.83. The molecule has 1 heterocycles. The first kappa shape index (κ1) is 20.4. The number of hydrogen-bond donors (Lipinski definition) is 0. The third-order valence-electron chi connectivity index (χ3n) is 4.01. The van der Waals surface area contributed by atoms with Crippen LogP contribution in [0, 0.1) is 0 Å². The predicted molar refractivity (Wildman–Crippen MR) is 96.3 cm³/mol. The molecular formula is C19H34ClN. The molecule has 0 atom stereocenters. The Kier molecular flexibility index (Phi) is 15.4. The van der Waals surface area contributed by atoms with Crippen molar-refractivity contribution >= 4 is 12.4 Å². The summed E-state index contributed by atoms with van der Waals surface area (Å²) < 4.78 is 0. The molecule has 1 rings (SSSR count). The maximum absolute atomic E-state index is 4.37. The Balaban J connectivity index is 0.00000400. The lowest BCUT2D eigenvalue weighted by atomic mass is 10.0. The van der Waals surface area contributed by atoms with E-state index in [1.165, 1.54) is 82.7 Å². The standard InChI is InChI=1S/C19H33N.ClH/c1-2-3-4-5-6-7-8-9-10-11-12-13-16-19-17-14-15-18-20-19;/h14-15,17-18H,2-13,16H2,1H3;1H. The lowest BCUT2D eigenvalue weighted by Gasteiger charge is -2.03. The van der Waals surface area contributed by atoms with Gasteiger partial charge in [0.05, 0.1) is 0 Å². The van der Waals surface area contributed by atoms with Crippen molar-refractivity contribution in [3.63, 3.8) is 0 Å². The summed E-state index contributed by atoms with van der Waals surface area (Å²) in [4.78, 5) is 4.37. The van der Waals surface area contributed by atoms with Gasteiger partial charge in [-0.3, -0.25) is 4.98 Å². The van der Waals surface area contributed by atoms with Gasteiger partial charge in [0.25, 0.3) is 0 Å². The topological polar surface area (TPSA) is 12.9 Å². The Morgan fingerprint density at radius 2 is 1.24 bits per heavy atom. The first-order valence-corrected chi connectivity index (χ1v) is 8.83. The molecule has 0 unspecified atom stereocenters. The van der Waals surface area contributed by atoms with Crippen molar-refractivity contribution < 1.29 is 0 Å². The molecule has 0 aromatic carbocycles. The minimum Gasteiger partial charge on any atom is -0.261 e. The molecule has 2 heteroatoms. The highest BCUT2D eigenvalue weighted by molar-refractivity contribution is 5.85. The van der Waals surface area contributed by atoms with Crippen molar-refractivity contribution in [2.75, 3.05) is 0 Å². The Bertz CT molecular complexity index is 300. The highest BCUT2D eigenvalue weighted by Gasteiger charge is 1.95. The monoisotopic (exact) mass is 311 g/mol. The van der Waals surface area contributed by atoms with Crippen LogP contribution in [-0.2, 0) is 6.42 Å². The molecule has 0 aliphatic heterocycles. The molecular weight excluding hydrogens is 278 g/mol. The van der Waals surface area contributed by atoms with E-state index in [2.05, 4.69) is 24.0 Å². The minimum absolute atomic E-state index is 0. The molecule has 0 spiro atoms. The second kappa shape index (κ2) is 15.8. The van der Waals surface area contributed by atoms with Gasteiger partial charge in [-0.05, 0) is 25.0 Å². The molecule has 1 nitrogen and oxygen atoms in total. The van der Waals surface area contributed by atoms with E-state index >= 15 is 0 Å². The highest BCUT2D eigenvalue weighted by atomic mass is 35.5. The van der Waals surface area contributed by atoms with Crippen molar-refractivity contribution in [2.45, 2.75) is 90.4 Å². The fourth-order valence-electron chi connectivity index (χ4n) is 2.69. The van der Waals surface area contributed by atoms with E-state index in [1.807, 2.05) is 12.3 Å². The molecule has 0 fully saturated rings. The minimum atomic E-state index is 0. The van der Waals surface area contributed by atoms with Crippen LogP contribution in [0.3, 0.4) is 0 Å². The predicted octanol–water partition coefficient (Wildman–Crippen LogP) is 6.75. The number of aryl methyl sites for hydroxylation is 1. The first-order chi connectivity index (χ1) is 9.93. The molecule has 0 saturated carbocycles. The zero-order valence-corrected chi connectivity index (χ0v) is 14.7. The molecule has 1 aromatic heterocycles. The zero-order valence-electron chi connectivity index (χ0n) is 13.9. The van der Waals surface area contributed by atoms with Crippen molar-refractivity contribution in [1.29, 1.82) is 0 Å². The number of pyridine rings is 1. The number of hydrogen-bond acceptors (Lipinski definition) is 1. The van der Waals surface area contributed by atoms with Gasteiger partial charge in [0.15, 0.2) is 0 Å². The summed E-state index contributed by atoms with van der Waals surface area (Å²) in [7, 11) is 0. The van der Waals surface area contributed by atoms with E-state index in [0.717, 1.165) is 6.42 Å². The molecule has 0 N–H and O–H groups in total. The maximum Gasteiger partial charge on any atom is 0.0403 e. The average molecular weight is 312 g/mol. The van der Waals surface area contributed by atoms with E-state index in [4.69, 9.17) is 0 Å². The van der Waals surface area contributed by atoms with E-state index < -0.39 is 0 Å². The smallest absolute Gasteiger partial charge is 0.0403 e. The molecule has 0 aliphatic rings. The zero-order chi connectivity index (χ0) is 14.3. The van der Waals surface area contributed by atoms with Crippen molar-refractivity contribution in [1.82, 2.24) is 4.98 Å².